The number of alkyl carbamates (subject to hydrolysis) is 1. The summed E-state index contributed by atoms with van der Waals surface area (Å²) < 4.78 is 82.1. The number of nitrogens with zero attached hydrogens (tertiary/aromatic N) is 4. The number of pyridine rings is 1. The highest BCUT2D eigenvalue weighted by molar-refractivity contribution is 7.91. The van der Waals surface area contributed by atoms with Gasteiger partial charge < -0.3 is 25.0 Å². The Kier molecular flexibility index (Phi) is 11.3. The van der Waals surface area contributed by atoms with Gasteiger partial charge in [0.25, 0.3) is 5.91 Å². The molecule has 1 saturated heterocycles. The summed E-state index contributed by atoms with van der Waals surface area (Å²) in [5.41, 5.74) is -4.29. The predicted octanol–water partition coefficient (Wildman–Crippen LogP) is 4.17. The Morgan fingerprint density at radius 3 is 2.50 bits per heavy atom. The zero-order valence-corrected chi connectivity index (χ0v) is 32.7. The van der Waals surface area contributed by atoms with Gasteiger partial charge in [-0.3, -0.25) is 19.1 Å². The van der Waals surface area contributed by atoms with Gasteiger partial charge in [-0.2, -0.15) is 13.2 Å². The highest BCUT2D eigenvalue weighted by Crippen LogP contribution is 2.46. The first-order valence-corrected chi connectivity index (χ1v) is 20.5. The SMILES string of the molecule is CCC1CC(C)CCC=CC2CC2(C(=O)NS(=O)(=O)C2CC2)NC(=O)C2CC(Oc3nc4cccnc4nc3C(F)(F)F)CN2C(=O)C1NC(=O)OC(C)(C)C. The van der Waals surface area contributed by atoms with Crippen molar-refractivity contribution in [2.24, 2.45) is 17.8 Å². The maximum atomic E-state index is 14.8. The smallest absolute Gasteiger partial charge is 0.438 e. The number of hydrogen-bond acceptors (Lipinski definition) is 11. The number of fused-ring (bicyclic) bond motifs is 3. The summed E-state index contributed by atoms with van der Waals surface area (Å²) >= 11 is 0. The highest BCUT2D eigenvalue weighted by Gasteiger charge is 2.62. The first kappa shape index (κ1) is 41.1. The van der Waals surface area contributed by atoms with Crippen LogP contribution in [0.1, 0.15) is 91.7 Å². The van der Waals surface area contributed by atoms with Crippen molar-refractivity contribution in [1.29, 1.82) is 0 Å². The second kappa shape index (κ2) is 15.4. The molecule has 2 aromatic heterocycles. The molecule has 3 N–H and O–H groups in total. The summed E-state index contributed by atoms with van der Waals surface area (Å²) in [6.45, 7) is 8.45. The standard InChI is InChI=1S/C37H48F3N7O8S/c1-6-21-16-20(2)10-7-8-11-22-18-36(22,33(50)46-56(52,53)24-13-14-24)45-30(48)26-17-23(19-47(26)32(49)27(21)43-34(51)55-35(3,4)5)54-31-28(37(38,39)40)44-29-25(42-31)12-9-15-41-29/h8-9,11-12,15,20-24,26-27H,6-7,10,13-14,16-19H2,1-5H3,(H,43,51)(H,45,48)(H,46,50). The fourth-order valence-electron chi connectivity index (χ4n) is 7.45. The zero-order valence-electron chi connectivity index (χ0n) is 31.9. The average Bonchev–Trinajstić information content (AvgIpc) is 4.03. The number of alkyl halides is 3. The Balaban J connectivity index is 1.38. The van der Waals surface area contributed by atoms with E-state index in [1.165, 1.54) is 18.3 Å². The van der Waals surface area contributed by atoms with E-state index in [2.05, 4.69) is 30.3 Å². The summed E-state index contributed by atoms with van der Waals surface area (Å²) in [5, 5.41) is 4.73. The molecule has 4 heterocycles. The molecule has 19 heteroatoms. The minimum absolute atomic E-state index is 0.0145. The Morgan fingerprint density at radius 2 is 1.84 bits per heavy atom. The maximum absolute atomic E-state index is 14.8. The van der Waals surface area contributed by atoms with E-state index in [1.54, 1.807) is 26.8 Å². The molecule has 6 rings (SSSR count). The summed E-state index contributed by atoms with van der Waals surface area (Å²) in [6, 6.07) is 0.230. The largest absolute Gasteiger partial charge is 0.471 e. The number of carbonyl (C=O) groups excluding carboxylic acids is 4. The van der Waals surface area contributed by atoms with Crippen molar-refractivity contribution in [2.75, 3.05) is 6.54 Å². The quantitative estimate of drug-likeness (QED) is 0.340. The average molecular weight is 808 g/mol. The van der Waals surface area contributed by atoms with Crippen LogP contribution in [0.2, 0.25) is 0 Å². The Morgan fingerprint density at radius 1 is 1.11 bits per heavy atom. The topological polar surface area (TPSA) is 199 Å². The van der Waals surface area contributed by atoms with Crippen LogP contribution in [0, 0.1) is 17.8 Å². The molecule has 0 radical (unpaired) electrons. The molecule has 3 fully saturated rings. The number of aromatic nitrogens is 3. The molecule has 2 saturated carbocycles. The Bertz CT molecular complexity index is 2000. The third-order valence-corrected chi connectivity index (χ3v) is 12.4. The second-order valence-corrected chi connectivity index (χ2v) is 18.2. The number of halogens is 3. The van der Waals surface area contributed by atoms with E-state index in [9.17, 15) is 40.8 Å². The lowest BCUT2D eigenvalue weighted by Gasteiger charge is -2.34. The van der Waals surface area contributed by atoms with Crippen LogP contribution in [0.15, 0.2) is 30.5 Å². The van der Waals surface area contributed by atoms with Gasteiger partial charge in [-0.25, -0.2) is 28.2 Å². The molecule has 7 atom stereocenters. The molecular formula is C37H48F3N7O8S. The Hall–Kier alpha value is -4.55. The third kappa shape index (κ3) is 9.18. The lowest BCUT2D eigenvalue weighted by atomic mass is 9.85. The van der Waals surface area contributed by atoms with Gasteiger partial charge in [-0.05, 0) is 83.3 Å². The minimum Gasteiger partial charge on any atom is -0.471 e. The number of amides is 4. The van der Waals surface area contributed by atoms with Crippen molar-refractivity contribution in [3.8, 4) is 5.88 Å². The van der Waals surface area contributed by atoms with Crippen LogP contribution in [0.3, 0.4) is 0 Å². The van der Waals surface area contributed by atoms with E-state index in [0.717, 1.165) is 4.90 Å². The molecular weight excluding hydrogens is 760 g/mol. The third-order valence-electron chi connectivity index (χ3n) is 10.6. The van der Waals surface area contributed by atoms with Gasteiger partial charge in [0.1, 0.15) is 34.8 Å². The number of sulfonamides is 1. The van der Waals surface area contributed by atoms with Crippen LogP contribution in [0.25, 0.3) is 11.2 Å². The monoisotopic (exact) mass is 807 g/mol. The number of nitrogens with one attached hydrogen (secondary N) is 3. The second-order valence-electron chi connectivity index (χ2n) is 16.3. The van der Waals surface area contributed by atoms with Crippen molar-refractivity contribution in [3.05, 3.63) is 36.2 Å². The van der Waals surface area contributed by atoms with E-state index < -0.39 is 105 Å². The van der Waals surface area contributed by atoms with Crippen LogP contribution >= 0.6 is 0 Å². The number of allylic oxidation sites excluding steroid dienone is 1. The van der Waals surface area contributed by atoms with Gasteiger partial charge in [-0.15, -0.1) is 0 Å². The van der Waals surface area contributed by atoms with Crippen LogP contribution < -0.4 is 20.1 Å². The first-order valence-electron chi connectivity index (χ1n) is 18.9. The fraction of sp³-hybridized carbons (Fsp3) is 0.649. The van der Waals surface area contributed by atoms with Crippen LogP contribution in [0.4, 0.5) is 18.0 Å². The van der Waals surface area contributed by atoms with Gasteiger partial charge in [0, 0.05) is 18.5 Å². The van der Waals surface area contributed by atoms with Gasteiger partial charge >= 0.3 is 12.3 Å². The molecule has 4 amide bonds. The van der Waals surface area contributed by atoms with Crippen molar-refractivity contribution in [3.63, 3.8) is 0 Å². The molecule has 56 heavy (non-hydrogen) atoms. The van der Waals surface area contributed by atoms with Gasteiger partial charge in [-0.1, -0.05) is 32.4 Å². The summed E-state index contributed by atoms with van der Waals surface area (Å²) in [5.74, 6) is -4.32. The number of carbonyl (C=O) groups is 4. The summed E-state index contributed by atoms with van der Waals surface area (Å²) in [6.07, 6.45) is 0.537. The Labute approximate surface area is 323 Å². The van der Waals surface area contributed by atoms with E-state index in [0.29, 0.717) is 38.5 Å². The lowest BCUT2D eigenvalue weighted by Crippen LogP contribution is -2.59. The fourth-order valence-corrected chi connectivity index (χ4v) is 8.82. The van der Waals surface area contributed by atoms with Crippen LogP contribution in [-0.2, 0) is 35.3 Å². The van der Waals surface area contributed by atoms with Gasteiger partial charge in [0.2, 0.25) is 33.4 Å². The van der Waals surface area contributed by atoms with Gasteiger partial charge in [0.15, 0.2) is 5.65 Å². The maximum Gasteiger partial charge on any atom is 0.438 e. The van der Waals surface area contributed by atoms with E-state index in [-0.39, 0.29) is 29.9 Å². The molecule has 2 aliphatic heterocycles. The van der Waals surface area contributed by atoms with E-state index >= 15 is 0 Å². The molecule has 306 valence electrons. The predicted molar refractivity (Wildman–Crippen MR) is 195 cm³/mol. The number of hydrogen-bond donors (Lipinski definition) is 3. The van der Waals surface area contributed by atoms with Crippen molar-refractivity contribution >= 4 is 45.0 Å². The number of rotatable bonds is 7. The lowest BCUT2D eigenvalue weighted by molar-refractivity contribution is -0.143. The van der Waals surface area contributed by atoms with Crippen molar-refractivity contribution in [2.45, 2.75) is 127 Å². The molecule has 0 aromatic carbocycles. The molecule has 7 unspecified atom stereocenters. The summed E-state index contributed by atoms with van der Waals surface area (Å²) in [7, 11) is -4.00. The van der Waals surface area contributed by atoms with E-state index in [4.69, 9.17) is 9.47 Å². The molecule has 0 spiro atoms. The van der Waals surface area contributed by atoms with Gasteiger partial charge in [0.05, 0.1) is 11.8 Å². The first-order chi connectivity index (χ1) is 26.2. The molecule has 2 aromatic rings. The van der Waals surface area contributed by atoms with Crippen molar-refractivity contribution < 1.29 is 50.2 Å². The molecule has 2 aliphatic carbocycles. The number of ether oxygens (including phenoxy) is 2. The van der Waals surface area contributed by atoms with Crippen LogP contribution in [0.5, 0.6) is 5.88 Å². The zero-order chi connectivity index (χ0) is 40.8. The summed E-state index contributed by atoms with van der Waals surface area (Å²) in [4.78, 5) is 68.9. The minimum atomic E-state index is -5.01. The molecule has 4 aliphatic rings. The van der Waals surface area contributed by atoms with Crippen LogP contribution in [-0.4, -0.2) is 93.2 Å². The molecule has 15 nitrogen and oxygen atoms in total. The molecule has 0 bridgehead atoms. The normalized spacial score (nSPS) is 29.0. The van der Waals surface area contributed by atoms with Crippen molar-refractivity contribution in [1.82, 2.24) is 35.2 Å². The highest BCUT2D eigenvalue weighted by atomic mass is 32.2. The van der Waals surface area contributed by atoms with E-state index in [1.807, 2.05) is 19.9 Å².